The molecule has 0 saturated heterocycles. The minimum atomic E-state index is -0.429. The number of fused-ring (bicyclic) bond motifs is 2. The maximum atomic E-state index is 13.3. The van der Waals surface area contributed by atoms with Crippen molar-refractivity contribution in [3.63, 3.8) is 0 Å². The Hall–Kier alpha value is -2.73. The van der Waals surface area contributed by atoms with E-state index in [0.29, 0.717) is 40.3 Å². The number of carbonyl (C=O) groups is 3. The molecule has 1 aromatic carbocycles. The van der Waals surface area contributed by atoms with E-state index in [2.05, 4.69) is 37.5 Å². The van der Waals surface area contributed by atoms with Crippen LogP contribution >= 0.6 is 35.3 Å². The van der Waals surface area contributed by atoms with E-state index < -0.39 is 6.04 Å². The van der Waals surface area contributed by atoms with Crippen molar-refractivity contribution in [2.75, 3.05) is 27.7 Å². The van der Waals surface area contributed by atoms with Crippen molar-refractivity contribution < 1.29 is 14.4 Å². The molecule has 3 atom stereocenters. The first-order valence-corrected chi connectivity index (χ1v) is 13.5. The molecule has 13 heteroatoms. The summed E-state index contributed by atoms with van der Waals surface area (Å²) in [6, 6.07) is 4.39. The fourth-order valence-electron chi connectivity index (χ4n) is 5.07. The normalized spacial score (nSPS) is 21.3. The number of hydrogen-bond acceptors (Lipinski definition) is 7. The smallest absolute Gasteiger partial charge is 0.287 e. The van der Waals surface area contributed by atoms with Crippen molar-refractivity contribution in [3.05, 3.63) is 44.6 Å². The molecule has 0 bridgehead atoms. The lowest BCUT2D eigenvalue weighted by atomic mass is 9.81. The molecule has 1 aliphatic heterocycles. The number of imidazole rings is 1. The molecule has 0 spiro atoms. The van der Waals surface area contributed by atoms with E-state index in [4.69, 9.17) is 11.6 Å². The number of aromatic nitrogens is 3. The summed E-state index contributed by atoms with van der Waals surface area (Å²) >= 11 is 7.47. The monoisotopic (exact) mass is 579 g/mol. The summed E-state index contributed by atoms with van der Waals surface area (Å²) in [6.45, 7) is 1.70. The molecule has 3 N–H and O–H groups in total. The number of rotatable bonds is 5. The van der Waals surface area contributed by atoms with Crippen LogP contribution in [0.25, 0.3) is 11.0 Å². The van der Waals surface area contributed by atoms with Crippen molar-refractivity contribution in [1.29, 1.82) is 0 Å². The zero-order valence-electron chi connectivity index (χ0n) is 21.4. The van der Waals surface area contributed by atoms with Crippen LogP contribution in [0.15, 0.2) is 18.2 Å². The molecule has 0 radical (unpaired) electrons. The van der Waals surface area contributed by atoms with Gasteiger partial charge in [0.1, 0.15) is 0 Å². The van der Waals surface area contributed by atoms with Gasteiger partial charge >= 0.3 is 0 Å². The van der Waals surface area contributed by atoms with Crippen LogP contribution < -0.4 is 10.6 Å². The Kier molecular flexibility index (Phi) is 8.61. The molecule has 0 unspecified atom stereocenters. The number of likely N-dealkylation sites (N-methyl/N-ethyl adjacent to an activating group) is 1. The molecule has 2 aromatic heterocycles. The molecule has 3 amide bonds. The van der Waals surface area contributed by atoms with Crippen LogP contribution in [0.1, 0.15) is 50.3 Å². The van der Waals surface area contributed by atoms with Gasteiger partial charge in [-0.25, -0.2) is 9.97 Å². The number of amides is 3. The number of benzene rings is 1. The lowest BCUT2D eigenvalue weighted by Crippen LogP contribution is -2.56. The van der Waals surface area contributed by atoms with E-state index in [-0.39, 0.29) is 47.9 Å². The molecule has 1 fully saturated rings. The van der Waals surface area contributed by atoms with Gasteiger partial charge in [0, 0.05) is 55.5 Å². The highest BCUT2D eigenvalue weighted by Crippen LogP contribution is 2.28. The van der Waals surface area contributed by atoms with Crippen LogP contribution in [0.5, 0.6) is 0 Å². The molecule has 5 rings (SSSR count). The predicted octanol–water partition coefficient (Wildman–Crippen LogP) is 2.87. The first-order chi connectivity index (χ1) is 17.7. The molecule has 10 nitrogen and oxygen atoms in total. The summed E-state index contributed by atoms with van der Waals surface area (Å²) < 4.78 is 0. The zero-order chi connectivity index (χ0) is 26.3. The molecule has 38 heavy (non-hydrogen) atoms. The van der Waals surface area contributed by atoms with Crippen LogP contribution in [0.3, 0.4) is 0 Å². The Bertz CT molecular complexity index is 1360. The molecule has 1 aliphatic carbocycles. The average Bonchev–Trinajstić information content (AvgIpc) is 3.48. The Morgan fingerprint density at radius 2 is 1.89 bits per heavy atom. The Balaban J connectivity index is 0.00000336. The molecular formula is C25H31Cl2N7O3S. The number of H-pyrrole nitrogens is 1. The van der Waals surface area contributed by atoms with Crippen LogP contribution in [0.2, 0.25) is 5.02 Å². The summed E-state index contributed by atoms with van der Waals surface area (Å²) in [6.07, 6.45) is 2.41. The number of aromatic amines is 1. The largest absolute Gasteiger partial charge is 0.349 e. The van der Waals surface area contributed by atoms with Gasteiger partial charge in [0.05, 0.1) is 22.8 Å². The van der Waals surface area contributed by atoms with Gasteiger partial charge in [-0.1, -0.05) is 11.6 Å². The third-order valence-corrected chi connectivity index (χ3v) is 8.36. The van der Waals surface area contributed by atoms with Crippen molar-refractivity contribution in [2.24, 2.45) is 5.92 Å². The topological polar surface area (TPSA) is 123 Å². The van der Waals surface area contributed by atoms with Gasteiger partial charge in [-0.2, -0.15) is 0 Å². The highest BCUT2D eigenvalue weighted by molar-refractivity contribution is 7.13. The van der Waals surface area contributed by atoms with Crippen molar-refractivity contribution in [2.45, 2.75) is 44.3 Å². The second-order valence-electron chi connectivity index (χ2n) is 10.0. The van der Waals surface area contributed by atoms with Crippen molar-refractivity contribution in [1.82, 2.24) is 35.4 Å². The number of nitrogens with zero attached hydrogens (tertiary/aromatic N) is 4. The minimum Gasteiger partial charge on any atom is -0.349 e. The number of hydrogen-bond donors (Lipinski definition) is 3. The van der Waals surface area contributed by atoms with Gasteiger partial charge in [0.15, 0.2) is 10.8 Å². The highest BCUT2D eigenvalue weighted by Gasteiger charge is 2.37. The molecule has 204 valence electrons. The van der Waals surface area contributed by atoms with Gasteiger partial charge in [-0.3, -0.25) is 14.4 Å². The molecule has 3 aromatic rings. The second kappa shape index (κ2) is 11.6. The van der Waals surface area contributed by atoms with E-state index in [9.17, 15) is 14.4 Å². The van der Waals surface area contributed by atoms with E-state index in [1.54, 1.807) is 37.2 Å². The average molecular weight is 581 g/mol. The Labute approximate surface area is 235 Å². The van der Waals surface area contributed by atoms with E-state index in [1.807, 2.05) is 0 Å². The Morgan fingerprint density at radius 3 is 2.66 bits per heavy atom. The minimum absolute atomic E-state index is 0. The summed E-state index contributed by atoms with van der Waals surface area (Å²) in [5, 5.41) is 7.08. The van der Waals surface area contributed by atoms with Gasteiger partial charge in [-0.05, 0) is 44.5 Å². The summed E-state index contributed by atoms with van der Waals surface area (Å²) in [7, 11) is 5.51. The maximum absolute atomic E-state index is 13.3. The van der Waals surface area contributed by atoms with Crippen molar-refractivity contribution >= 4 is 64.1 Å². The first-order valence-electron chi connectivity index (χ1n) is 12.3. The van der Waals surface area contributed by atoms with E-state index in [0.717, 1.165) is 30.1 Å². The quantitative estimate of drug-likeness (QED) is 0.427. The van der Waals surface area contributed by atoms with Crippen molar-refractivity contribution in [3.8, 4) is 0 Å². The first kappa shape index (κ1) is 28.3. The molecule has 2 aliphatic rings. The fraction of sp³-hybridized carbons (Fsp3) is 0.480. The third kappa shape index (κ3) is 5.96. The van der Waals surface area contributed by atoms with Crippen LogP contribution in [0.4, 0.5) is 0 Å². The predicted molar refractivity (Wildman–Crippen MR) is 149 cm³/mol. The van der Waals surface area contributed by atoms with Crippen LogP contribution in [0, 0.1) is 5.92 Å². The lowest BCUT2D eigenvalue weighted by Gasteiger charge is -2.37. The summed E-state index contributed by atoms with van der Waals surface area (Å²) in [5.41, 5.74) is 2.28. The standard InChI is InChI=1S/C25H30ClN7O3S.ClH/c1-32(2)25(36)13-4-6-16(29-22(34)21-27-15-7-5-14(26)11-19(15)28-21)18(10-13)30-23(35)24-31-17-8-9-33(3)12-20(17)37-24;/h5,7,11,13,16,18H,4,6,8-10,12H2,1-3H3,(H,27,28)(H,29,34)(H,30,35);1H/t13-,16-,18+;/m0./s1. The third-order valence-electron chi connectivity index (χ3n) is 7.05. The molecule has 1 saturated carbocycles. The van der Waals surface area contributed by atoms with Gasteiger partial charge in [0.25, 0.3) is 11.8 Å². The fourth-order valence-corrected chi connectivity index (χ4v) is 6.33. The van der Waals surface area contributed by atoms with Crippen LogP contribution in [-0.2, 0) is 17.8 Å². The maximum Gasteiger partial charge on any atom is 0.287 e. The number of thiazole rings is 1. The second-order valence-corrected chi connectivity index (χ2v) is 11.5. The number of carbonyl (C=O) groups excluding carboxylic acids is 3. The zero-order valence-corrected chi connectivity index (χ0v) is 23.8. The molecular weight excluding hydrogens is 549 g/mol. The van der Waals surface area contributed by atoms with Gasteiger partial charge < -0.3 is 25.4 Å². The van der Waals surface area contributed by atoms with Gasteiger partial charge in [0.2, 0.25) is 5.91 Å². The van der Waals surface area contributed by atoms with Gasteiger partial charge in [-0.15, -0.1) is 23.7 Å². The van der Waals surface area contributed by atoms with E-state index in [1.165, 1.54) is 11.3 Å². The van der Waals surface area contributed by atoms with Crippen LogP contribution in [-0.4, -0.2) is 82.2 Å². The highest BCUT2D eigenvalue weighted by atomic mass is 35.5. The summed E-state index contributed by atoms with van der Waals surface area (Å²) in [4.78, 5) is 56.0. The van der Waals surface area contributed by atoms with E-state index >= 15 is 0 Å². The Morgan fingerprint density at radius 1 is 1.13 bits per heavy atom. The number of halogens is 2. The lowest BCUT2D eigenvalue weighted by molar-refractivity contribution is -0.134. The number of nitrogens with one attached hydrogen (secondary N) is 3. The summed E-state index contributed by atoms with van der Waals surface area (Å²) in [5.74, 6) is -0.694. The molecule has 3 heterocycles. The SMILES string of the molecule is CN1CCc2nc(C(=O)N[C@@H]3C[C@@H](C(=O)N(C)C)CC[C@@H]3NC(=O)c3nc4ccc(Cl)cc4[nH]3)sc2C1.Cl.